The summed E-state index contributed by atoms with van der Waals surface area (Å²) in [5, 5.41) is 2.48. The predicted octanol–water partition coefficient (Wildman–Crippen LogP) is 2.41. The lowest BCUT2D eigenvalue weighted by atomic mass is 9.95. The molecule has 1 aromatic carbocycles. The number of rotatable bonds is 4. The fourth-order valence-electron chi connectivity index (χ4n) is 4.94. The van der Waals surface area contributed by atoms with Crippen LogP contribution in [0.2, 0.25) is 0 Å². The number of anilines is 1. The van der Waals surface area contributed by atoms with Crippen LogP contribution in [0, 0.1) is 5.92 Å². The van der Waals surface area contributed by atoms with Gasteiger partial charge < -0.3 is 9.64 Å². The minimum atomic E-state index is -0.437. The zero-order valence-electron chi connectivity index (χ0n) is 18.8. The first kappa shape index (κ1) is 21.8. The van der Waals surface area contributed by atoms with Gasteiger partial charge in [-0.3, -0.25) is 24.6 Å². The molecule has 7 nitrogen and oxygen atoms in total. The molecule has 3 aliphatic rings. The molecule has 31 heavy (non-hydrogen) atoms. The van der Waals surface area contributed by atoms with Crippen LogP contribution >= 0.6 is 0 Å². The largest absolute Gasteiger partial charge is 0.460 e. The Labute approximate surface area is 184 Å². The predicted molar refractivity (Wildman–Crippen MR) is 118 cm³/mol. The zero-order chi connectivity index (χ0) is 22.2. The molecule has 0 radical (unpaired) electrons. The number of nitrogens with one attached hydrogen (secondary N) is 1. The van der Waals surface area contributed by atoms with Crippen molar-refractivity contribution in [2.45, 2.75) is 71.1 Å². The van der Waals surface area contributed by atoms with Gasteiger partial charge in [0, 0.05) is 25.2 Å². The smallest absolute Gasteiger partial charge is 0.309 e. The third-order valence-electron chi connectivity index (χ3n) is 6.47. The van der Waals surface area contributed by atoms with E-state index in [0.29, 0.717) is 12.8 Å². The normalized spacial score (nSPS) is 22.9. The number of nitrogens with zero attached hydrogens (tertiary/aromatic N) is 2. The van der Waals surface area contributed by atoms with Crippen molar-refractivity contribution >= 4 is 23.5 Å². The molecule has 2 amide bonds. The Bertz CT molecular complexity index is 868. The second kappa shape index (κ2) is 8.61. The Kier molecular flexibility index (Phi) is 6.06. The van der Waals surface area contributed by atoms with E-state index in [-0.39, 0.29) is 29.7 Å². The van der Waals surface area contributed by atoms with Crippen molar-refractivity contribution in [3.05, 3.63) is 29.3 Å². The summed E-state index contributed by atoms with van der Waals surface area (Å²) in [6.45, 7) is 9.15. The highest BCUT2D eigenvalue weighted by molar-refractivity contribution is 6.02. The van der Waals surface area contributed by atoms with Crippen LogP contribution in [0.5, 0.6) is 0 Å². The van der Waals surface area contributed by atoms with E-state index < -0.39 is 5.60 Å². The Morgan fingerprint density at radius 3 is 2.52 bits per heavy atom. The quantitative estimate of drug-likeness (QED) is 0.587. The van der Waals surface area contributed by atoms with Crippen LogP contribution in [0.25, 0.3) is 0 Å². The summed E-state index contributed by atoms with van der Waals surface area (Å²) in [6, 6.07) is 6.06. The summed E-state index contributed by atoms with van der Waals surface area (Å²) < 4.78 is 5.56. The number of piperidine rings is 2. The van der Waals surface area contributed by atoms with Gasteiger partial charge in [0.05, 0.1) is 5.92 Å². The number of likely N-dealkylation sites (tertiary alicyclic amines) is 1. The van der Waals surface area contributed by atoms with E-state index in [1.165, 1.54) is 11.1 Å². The van der Waals surface area contributed by atoms with Crippen molar-refractivity contribution in [3.63, 3.8) is 0 Å². The van der Waals surface area contributed by atoms with Gasteiger partial charge in [-0.15, -0.1) is 0 Å². The van der Waals surface area contributed by atoms with E-state index in [0.717, 1.165) is 51.1 Å². The molecule has 0 saturated carbocycles. The molecule has 0 aromatic heterocycles. The molecule has 168 valence electrons. The highest BCUT2D eigenvalue weighted by atomic mass is 16.6. The maximum Gasteiger partial charge on any atom is 0.309 e. The van der Waals surface area contributed by atoms with E-state index in [2.05, 4.69) is 33.3 Å². The number of carbonyl (C=O) groups excluding carboxylic acids is 3. The van der Waals surface area contributed by atoms with E-state index in [1.54, 1.807) is 0 Å². The summed E-state index contributed by atoms with van der Waals surface area (Å²) in [5.41, 5.74) is 3.29. The first-order valence-corrected chi connectivity index (χ1v) is 11.4. The summed E-state index contributed by atoms with van der Waals surface area (Å²) in [6.07, 6.45) is 3.54. The molecule has 1 aromatic rings. The first-order chi connectivity index (χ1) is 14.7. The van der Waals surface area contributed by atoms with Gasteiger partial charge in [-0.1, -0.05) is 12.1 Å². The Balaban J connectivity index is 1.38. The first-order valence-electron chi connectivity index (χ1n) is 11.4. The lowest BCUT2D eigenvalue weighted by molar-refractivity contribution is -0.161. The van der Waals surface area contributed by atoms with Crippen LogP contribution < -0.4 is 10.2 Å². The van der Waals surface area contributed by atoms with E-state index in [1.807, 2.05) is 20.8 Å². The van der Waals surface area contributed by atoms with Crippen LogP contribution in [0.3, 0.4) is 0 Å². The molecule has 0 bridgehead atoms. The molecule has 3 aliphatic heterocycles. The Morgan fingerprint density at radius 2 is 1.84 bits per heavy atom. The Morgan fingerprint density at radius 1 is 1.10 bits per heavy atom. The fourth-order valence-corrected chi connectivity index (χ4v) is 4.94. The van der Waals surface area contributed by atoms with Crippen LogP contribution in [0.15, 0.2) is 18.2 Å². The number of imide groups is 1. The molecule has 2 fully saturated rings. The van der Waals surface area contributed by atoms with Gasteiger partial charge in [0.25, 0.3) is 0 Å². The molecular weight excluding hydrogens is 394 g/mol. The number of hydrogen-bond acceptors (Lipinski definition) is 6. The molecule has 2 saturated heterocycles. The number of benzene rings is 1. The second-order valence-electron chi connectivity index (χ2n) is 9.91. The van der Waals surface area contributed by atoms with Gasteiger partial charge in [0.2, 0.25) is 11.8 Å². The van der Waals surface area contributed by atoms with Gasteiger partial charge in [-0.05, 0) is 76.7 Å². The highest BCUT2D eigenvalue weighted by Crippen LogP contribution is 2.35. The van der Waals surface area contributed by atoms with E-state index in [4.69, 9.17) is 4.74 Å². The van der Waals surface area contributed by atoms with Crippen molar-refractivity contribution in [2.24, 2.45) is 5.92 Å². The highest BCUT2D eigenvalue weighted by Gasteiger charge is 2.36. The lowest BCUT2D eigenvalue weighted by Crippen LogP contribution is -2.52. The zero-order valence-corrected chi connectivity index (χ0v) is 18.8. The molecule has 0 aliphatic carbocycles. The molecule has 1 N–H and O–H groups in total. The second-order valence-corrected chi connectivity index (χ2v) is 9.91. The van der Waals surface area contributed by atoms with Crippen LogP contribution in [0.4, 0.5) is 5.69 Å². The topological polar surface area (TPSA) is 79.0 Å². The fraction of sp³-hybridized carbons (Fsp3) is 0.625. The number of amides is 2. The van der Waals surface area contributed by atoms with E-state index in [9.17, 15) is 14.4 Å². The maximum atomic E-state index is 12.4. The van der Waals surface area contributed by atoms with Crippen molar-refractivity contribution in [3.8, 4) is 0 Å². The summed E-state index contributed by atoms with van der Waals surface area (Å²) in [4.78, 5) is 40.8. The minimum absolute atomic E-state index is 0.0139. The summed E-state index contributed by atoms with van der Waals surface area (Å²) in [5.74, 6) is -0.449. The third-order valence-corrected chi connectivity index (χ3v) is 6.47. The third kappa shape index (κ3) is 4.92. The van der Waals surface area contributed by atoms with Gasteiger partial charge in [-0.25, -0.2) is 0 Å². The molecule has 3 heterocycles. The lowest BCUT2D eigenvalue weighted by Gasteiger charge is -2.33. The van der Waals surface area contributed by atoms with Gasteiger partial charge in [-0.2, -0.15) is 0 Å². The van der Waals surface area contributed by atoms with Gasteiger partial charge >= 0.3 is 5.97 Å². The van der Waals surface area contributed by atoms with Crippen molar-refractivity contribution < 1.29 is 19.1 Å². The average Bonchev–Trinajstić information content (AvgIpc) is 3.12. The number of ether oxygens (including phenoxy) is 1. The molecule has 7 heteroatoms. The average molecular weight is 428 g/mol. The molecule has 1 unspecified atom stereocenters. The number of hydrogen-bond donors (Lipinski definition) is 1. The number of fused-ring (bicyclic) bond motifs is 1. The van der Waals surface area contributed by atoms with Crippen LogP contribution in [-0.2, 0) is 32.1 Å². The maximum absolute atomic E-state index is 12.4. The van der Waals surface area contributed by atoms with Crippen molar-refractivity contribution in [1.82, 2.24) is 10.2 Å². The van der Waals surface area contributed by atoms with Crippen molar-refractivity contribution in [1.29, 1.82) is 0 Å². The summed E-state index contributed by atoms with van der Waals surface area (Å²) in [7, 11) is 0. The molecule has 4 rings (SSSR count). The Hall–Kier alpha value is -2.41. The summed E-state index contributed by atoms with van der Waals surface area (Å²) >= 11 is 0. The minimum Gasteiger partial charge on any atom is -0.460 e. The standard InChI is InChI=1S/C24H33N3O4/c1-24(2,3)31-23(30)16-9-12-26(13-10-16)15-17-5-4-6-19-18(17)11-14-27(19)20-7-8-21(28)25-22(20)29/h4-6,16,20H,7-15H2,1-3H3,(H,25,28,29). The monoisotopic (exact) mass is 427 g/mol. The van der Waals surface area contributed by atoms with Gasteiger partial charge in [0.15, 0.2) is 0 Å². The van der Waals surface area contributed by atoms with Crippen LogP contribution in [-0.4, -0.2) is 54.0 Å². The molecular formula is C24H33N3O4. The molecule has 0 spiro atoms. The molecule has 1 atom stereocenters. The van der Waals surface area contributed by atoms with Gasteiger partial charge in [0.1, 0.15) is 11.6 Å². The number of carbonyl (C=O) groups is 3. The van der Waals surface area contributed by atoms with Crippen molar-refractivity contribution in [2.75, 3.05) is 24.5 Å². The van der Waals surface area contributed by atoms with Crippen LogP contribution in [0.1, 0.15) is 57.6 Å². The SMILES string of the molecule is CC(C)(C)OC(=O)C1CCN(Cc2cccc3c2CCN3C2CCC(=O)NC2=O)CC1. The number of esters is 1. The van der Waals surface area contributed by atoms with E-state index >= 15 is 0 Å².